The number of amides is 1. The fourth-order valence-electron chi connectivity index (χ4n) is 1.68. The van der Waals surface area contributed by atoms with Gasteiger partial charge < -0.3 is 19.5 Å². The van der Waals surface area contributed by atoms with Crippen LogP contribution in [0.25, 0.3) is 0 Å². The summed E-state index contributed by atoms with van der Waals surface area (Å²) in [6, 6.07) is 1.49. The Morgan fingerprint density at radius 2 is 2.09 bits per heavy atom. The van der Waals surface area contributed by atoms with E-state index in [-0.39, 0.29) is 23.4 Å². The van der Waals surface area contributed by atoms with Gasteiger partial charge in [-0.05, 0) is 22.0 Å². The highest BCUT2D eigenvalue weighted by atomic mass is 79.9. The lowest BCUT2D eigenvalue weighted by molar-refractivity contribution is -0.275. The van der Waals surface area contributed by atoms with Gasteiger partial charge in [-0.15, -0.1) is 13.2 Å². The Hall–Kier alpha value is -1.39. The van der Waals surface area contributed by atoms with Crippen molar-refractivity contribution in [2.24, 2.45) is 0 Å². The molecule has 0 aliphatic carbocycles. The molecule has 1 heterocycles. The van der Waals surface area contributed by atoms with Crippen LogP contribution in [0.15, 0.2) is 16.6 Å². The Kier molecular flexibility index (Phi) is 5.24. The molecule has 1 N–H and O–H groups in total. The fourth-order valence-corrected chi connectivity index (χ4v) is 2.09. The highest BCUT2D eigenvalue weighted by Gasteiger charge is 2.33. The van der Waals surface area contributed by atoms with E-state index < -0.39 is 29.9 Å². The summed E-state index contributed by atoms with van der Waals surface area (Å²) in [6.45, 7) is 0.606. The molecule has 0 aromatic heterocycles. The first kappa shape index (κ1) is 17.0. The maximum Gasteiger partial charge on any atom is 0.573 e. The van der Waals surface area contributed by atoms with E-state index in [1.807, 2.05) is 0 Å². The van der Waals surface area contributed by atoms with Crippen molar-refractivity contribution in [1.82, 2.24) is 0 Å². The van der Waals surface area contributed by atoms with E-state index in [2.05, 4.69) is 26.0 Å². The second kappa shape index (κ2) is 6.80. The van der Waals surface area contributed by atoms with Gasteiger partial charge in [0.15, 0.2) is 17.7 Å². The van der Waals surface area contributed by atoms with E-state index in [1.165, 1.54) is 0 Å². The molecule has 1 fully saturated rings. The lowest BCUT2D eigenvalue weighted by Crippen LogP contribution is -2.39. The van der Waals surface area contributed by atoms with Gasteiger partial charge in [-0.25, -0.2) is 4.39 Å². The smallest absolute Gasteiger partial charge is 0.403 e. The molecule has 5 nitrogen and oxygen atoms in total. The van der Waals surface area contributed by atoms with Crippen molar-refractivity contribution in [3.05, 3.63) is 22.4 Å². The molecule has 1 amide bonds. The van der Waals surface area contributed by atoms with E-state index in [1.54, 1.807) is 0 Å². The summed E-state index contributed by atoms with van der Waals surface area (Å²) in [6.07, 6.45) is -5.94. The number of hydrogen-bond acceptors (Lipinski definition) is 4. The predicted molar refractivity (Wildman–Crippen MR) is 70.0 cm³/mol. The molecule has 0 spiro atoms. The van der Waals surface area contributed by atoms with Crippen molar-refractivity contribution in [2.45, 2.75) is 12.5 Å². The number of rotatable bonds is 3. The quantitative estimate of drug-likeness (QED) is 0.810. The number of anilines is 1. The number of benzene rings is 1. The summed E-state index contributed by atoms with van der Waals surface area (Å²) in [7, 11) is 0. The molecule has 1 aromatic carbocycles. The number of alkyl halides is 3. The van der Waals surface area contributed by atoms with Gasteiger partial charge in [-0.2, -0.15) is 0 Å². The minimum absolute atomic E-state index is 0.0244. The highest BCUT2D eigenvalue weighted by molar-refractivity contribution is 9.10. The molecule has 0 radical (unpaired) electrons. The minimum Gasteiger partial charge on any atom is -0.403 e. The molecular formula is C12H10BrF4NO4. The van der Waals surface area contributed by atoms with E-state index in [9.17, 15) is 22.4 Å². The first-order chi connectivity index (χ1) is 10.3. The molecule has 1 aliphatic rings. The van der Waals surface area contributed by atoms with Gasteiger partial charge >= 0.3 is 6.36 Å². The van der Waals surface area contributed by atoms with Crippen molar-refractivity contribution < 1.29 is 36.6 Å². The van der Waals surface area contributed by atoms with Gasteiger partial charge in [-0.3, -0.25) is 4.79 Å². The van der Waals surface area contributed by atoms with E-state index in [0.717, 1.165) is 12.1 Å². The molecule has 0 bridgehead atoms. The molecular weight excluding hydrogens is 378 g/mol. The molecule has 1 aliphatic heterocycles. The normalized spacial score (nSPS) is 18.9. The predicted octanol–water partition coefficient (Wildman–Crippen LogP) is 2.84. The van der Waals surface area contributed by atoms with Crippen LogP contribution in [0.4, 0.5) is 23.2 Å². The van der Waals surface area contributed by atoms with Gasteiger partial charge in [0.05, 0.1) is 25.5 Å². The van der Waals surface area contributed by atoms with Crippen LogP contribution in [0, 0.1) is 5.82 Å². The second-order valence-electron chi connectivity index (χ2n) is 4.23. The lowest BCUT2D eigenvalue weighted by atomic mass is 10.2. The standard InChI is InChI=1S/C12H10BrF4NO4/c13-6-3-7(14)9(22-12(15,16)17)4-8(6)18-11(19)10-5-20-1-2-21-10/h3-4,10H,1-2,5H2,(H,18,19). The molecule has 1 unspecified atom stereocenters. The molecule has 22 heavy (non-hydrogen) atoms. The molecule has 10 heteroatoms. The molecule has 1 saturated heterocycles. The van der Waals surface area contributed by atoms with Gasteiger partial charge in [0, 0.05) is 10.5 Å². The first-order valence-electron chi connectivity index (χ1n) is 6.01. The third kappa shape index (κ3) is 4.55. The van der Waals surface area contributed by atoms with E-state index in [0.29, 0.717) is 6.61 Å². The van der Waals surface area contributed by atoms with Crippen molar-refractivity contribution in [1.29, 1.82) is 0 Å². The number of hydrogen-bond donors (Lipinski definition) is 1. The van der Waals surface area contributed by atoms with E-state index >= 15 is 0 Å². The van der Waals surface area contributed by atoms with Crippen LogP contribution in [0.5, 0.6) is 5.75 Å². The van der Waals surface area contributed by atoms with Crippen LogP contribution < -0.4 is 10.1 Å². The lowest BCUT2D eigenvalue weighted by Gasteiger charge is -2.22. The van der Waals surface area contributed by atoms with Crippen LogP contribution >= 0.6 is 15.9 Å². The molecule has 1 atom stereocenters. The number of carbonyl (C=O) groups excluding carboxylic acids is 1. The van der Waals surface area contributed by atoms with Crippen molar-refractivity contribution in [2.75, 3.05) is 25.1 Å². The van der Waals surface area contributed by atoms with Crippen LogP contribution in [0.2, 0.25) is 0 Å². The van der Waals surface area contributed by atoms with Crippen LogP contribution in [-0.2, 0) is 14.3 Å². The Morgan fingerprint density at radius 3 is 2.68 bits per heavy atom. The van der Waals surface area contributed by atoms with Crippen LogP contribution in [-0.4, -0.2) is 38.2 Å². The second-order valence-corrected chi connectivity index (χ2v) is 5.09. The zero-order chi connectivity index (χ0) is 16.3. The Balaban J connectivity index is 2.15. The topological polar surface area (TPSA) is 56.8 Å². The monoisotopic (exact) mass is 387 g/mol. The summed E-state index contributed by atoms with van der Waals surface area (Å²) in [4.78, 5) is 11.9. The Labute approximate surface area is 130 Å². The summed E-state index contributed by atoms with van der Waals surface area (Å²) in [5.74, 6) is -2.89. The zero-order valence-corrected chi connectivity index (χ0v) is 12.5. The average molecular weight is 388 g/mol. The van der Waals surface area contributed by atoms with Gasteiger partial charge in [0.2, 0.25) is 0 Å². The molecule has 122 valence electrons. The summed E-state index contributed by atoms with van der Waals surface area (Å²) >= 11 is 2.95. The van der Waals surface area contributed by atoms with Crippen molar-refractivity contribution in [3.8, 4) is 5.75 Å². The molecule has 0 saturated carbocycles. The summed E-state index contributed by atoms with van der Waals surface area (Å²) in [5.41, 5.74) is -0.0835. The highest BCUT2D eigenvalue weighted by Crippen LogP contribution is 2.33. The fraction of sp³-hybridized carbons (Fsp3) is 0.417. The zero-order valence-electron chi connectivity index (χ0n) is 10.9. The van der Waals surface area contributed by atoms with Gasteiger partial charge in [0.25, 0.3) is 5.91 Å². The van der Waals surface area contributed by atoms with Crippen LogP contribution in [0.1, 0.15) is 0 Å². The number of carbonyl (C=O) groups is 1. The van der Waals surface area contributed by atoms with Gasteiger partial charge in [0.1, 0.15) is 0 Å². The largest absolute Gasteiger partial charge is 0.573 e. The Bertz CT molecular complexity index is 561. The Morgan fingerprint density at radius 1 is 1.36 bits per heavy atom. The molecule has 1 aromatic rings. The maximum atomic E-state index is 13.4. The third-order valence-electron chi connectivity index (χ3n) is 2.61. The summed E-state index contributed by atoms with van der Waals surface area (Å²) in [5, 5.41) is 2.33. The minimum atomic E-state index is -5.05. The van der Waals surface area contributed by atoms with Crippen molar-refractivity contribution >= 4 is 27.5 Å². The first-order valence-corrected chi connectivity index (χ1v) is 6.80. The maximum absolute atomic E-state index is 13.4. The van der Waals surface area contributed by atoms with Crippen molar-refractivity contribution in [3.63, 3.8) is 0 Å². The van der Waals surface area contributed by atoms with E-state index in [4.69, 9.17) is 9.47 Å². The number of halogens is 5. The number of nitrogens with one attached hydrogen (secondary N) is 1. The third-order valence-corrected chi connectivity index (χ3v) is 3.27. The SMILES string of the molecule is O=C(Nc1cc(OC(F)(F)F)c(F)cc1Br)C1COCCO1. The molecule has 2 rings (SSSR count). The van der Waals surface area contributed by atoms with Crippen LogP contribution in [0.3, 0.4) is 0 Å². The number of ether oxygens (including phenoxy) is 3. The average Bonchev–Trinajstić information content (AvgIpc) is 2.43. The summed E-state index contributed by atoms with van der Waals surface area (Å²) < 4.78 is 63.8. The van der Waals surface area contributed by atoms with Gasteiger partial charge in [-0.1, -0.05) is 0 Å².